The van der Waals surface area contributed by atoms with Crippen molar-refractivity contribution in [3.63, 3.8) is 0 Å². The van der Waals surface area contributed by atoms with Gasteiger partial charge in [0.1, 0.15) is 0 Å². The molecule has 0 spiro atoms. The van der Waals surface area contributed by atoms with Crippen LogP contribution in [0.2, 0.25) is 5.02 Å². The summed E-state index contributed by atoms with van der Waals surface area (Å²) < 4.78 is 0. The lowest BCUT2D eigenvalue weighted by Crippen LogP contribution is -2.55. The third-order valence-electron chi connectivity index (χ3n) is 5.57. The Hall–Kier alpha value is -2.40. The van der Waals surface area contributed by atoms with Gasteiger partial charge in [0.25, 0.3) is 11.8 Å². The summed E-state index contributed by atoms with van der Waals surface area (Å²) in [5.74, 6) is -1.32. The van der Waals surface area contributed by atoms with E-state index in [9.17, 15) is 14.4 Å². The standard InChI is InChI=1S/C20H19ClN2O3/c1-20(10-3-2-4-11-20)19(26)22-23-17(24)13-7-5-6-12-15(21)9-8-14(16(12)13)18(23)25/h5-9H,2-4,10-11H2,1H3,(H,22,26). The van der Waals surface area contributed by atoms with E-state index in [1.165, 1.54) is 0 Å². The van der Waals surface area contributed by atoms with Crippen LogP contribution < -0.4 is 5.43 Å². The first-order chi connectivity index (χ1) is 12.4. The van der Waals surface area contributed by atoms with Gasteiger partial charge in [0.05, 0.1) is 11.1 Å². The van der Waals surface area contributed by atoms with Gasteiger partial charge in [0.2, 0.25) is 5.91 Å². The van der Waals surface area contributed by atoms with Crippen molar-refractivity contribution in [2.45, 2.75) is 39.0 Å². The molecule has 2 aromatic rings. The maximum atomic E-state index is 12.9. The summed E-state index contributed by atoms with van der Waals surface area (Å²) in [6.45, 7) is 1.90. The van der Waals surface area contributed by atoms with E-state index in [0.29, 0.717) is 26.9 Å². The minimum Gasteiger partial charge on any atom is -0.273 e. The Kier molecular flexibility index (Phi) is 3.99. The van der Waals surface area contributed by atoms with Crippen LogP contribution in [0.15, 0.2) is 30.3 Å². The molecule has 1 N–H and O–H groups in total. The average molecular weight is 371 g/mol. The van der Waals surface area contributed by atoms with Gasteiger partial charge in [-0.25, -0.2) is 0 Å². The molecule has 0 atom stereocenters. The molecule has 134 valence electrons. The third-order valence-corrected chi connectivity index (χ3v) is 5.90. The van der Waals surface area contributed by atoms with Crippen LogP contribution in [0.4, 0.5) is 0 Å². The van der Waals surface area contributed by atoms with Crippen LogP contribution >= 0.6 is 11.6 Å². The van der Waals surface area contributed by atoms with E-state index in [2.05, 4.69) is 5.43 Å². The molecule has 0 aromatic heterocycles. The zero-order chi connectivity index (χ0) is 18.5. The molecule has 1 fully saturated rings. The summed E-state index contributed by atoms with van der Waals surface area (Å²) in [5, 5.41) is 2.55. The highest BCUT2D eigenvalue weighted by molar-refractivity contribution is 6.38. The van der Waals surface area contributed by atoms with Gasteiger partial charge in [0, 0.05) is 21.2 Å². The average Bonchev–Trinajstić information content (AvgIpc) is 2.64. The second-order valence-corrected chi connectivity index (χ2v) is 7.74. The van der Waals surface area contributed by atoms with Crippen LogP contribution in [-0.2, 0) is 4.79 Å². The molecular weight excluding hydrogens is 352 g/mol. The molecule has 1 saturated carbocycles. The quantitative estimate of drug-likeness (QED) is 0.809. The summed E-state index contributed by atoms with van der Waals surface area (Å²) in [7, 11) is 0. The zero-order valence-corrected chi connectivity index (χ0v) is 15.2. The molecule has 4 rings (SSSR count). The van der Waals surface area contributed by atoms with Crippen LogP contribution in [0.5, 0.6) is 0 Å². The van der Waals surface area contributed by atoms with E-state index in [4.69, 9.17) is 11.6 Å². The molecule has 1 aliphatic heterocycles. The first-order valence-electron chi connectivity index (χ1n) is 8.83. The van der Waals surface area contributed by atoms with E-state index in [0.717, 1.165) is 37.1 Å². The number of nitrogens with zero attached hydrogens (tertiary/aromatic N) is 1. The van der Waals surface area contributed by atoms with Crippen molar-refractivity contribution in [3.05, 3.63) is 46.5 Å². The minimum atomic E-state index is -0.551. The Morgan fingerprint density at radius 2 is 1.69 bits per heavy atom. The molecule has 0 radical (unpaired) electrons. The number of halogens is 1. The molecule has 26 heavy (non-hydrogen) atoms. The molecule has 0 unspecified atom stereocenters. The van der Waals surface area contributed by atoms with Gasteiger partial charge in [0.15, 0.2) is 0 Å². The maximum Gasteiger partial charge on any atom is 0.280 e. The van der Waals surface area contributed by atoms with Crippen LogP contribution in [0.3, 0.4) is 0 Å². The van der Waals surface area contributed by atoms with Gasteiger partial charge in [-0.15, -0.1) is 0 Å². The first kappa shape index (κ1) is 17.0. The Labute approximate surface area is 156 Å². The van der Waals surface area contributed by atoms with Crippen LogP contribution in [0.25, 0.3) is 10.8 Å². The van der Waals surface area contributed by atoms with Crippen molar-refractivity contribution in [3.8, 4) is 0 Å². The summed E-state index contributed by atoms with van der Waals surface area (Å²) in [4.78, 5) is 38.6. The monoisotopic (exact) mass is 370 g/mol. The van der Waals surface area contributed by atoms with Gasteiger partial charge in [-0.1, -0.05) is 49.9 Å². The number of rotatable bonds is 2. The number of carbonyl (C=O) groups excluding carboxylic acids is 3. The number of hydrazine groups is 1. The first-order valence-corrected chi connectivity index (χ1v) is 9.21. The number of hydrogen-bond acceptors (Lipinski definition) is 3. The predicted octanol–water partition coefficient (Wildman–Crippen LogP) is 4.09. The summed E-state index contributed by atoms with van der Waals surface area (Å²) >= 11 is 6.21. The lowest BCUT2D eigenvalue weighted by atomic mass is 9.75. The van der Waals surface area contributed by atoms with Crippen molar-refractivity contribution >= 4 is 40.1 Å². The van der Waals surface area contributed by atoms with Crippen molar-refractivity contribution in [2.24, 2.45) is 5.41 Å². The number of hydrogen-bond donors (Lipinski definition) is 1. The highest BCUT2D eigenvalue weighted by Crippen LogP contribution is 2.37. The number of carbonyl (C=O) groups is 3. The van der Waals surface area contributed by atoms with Gasteiger partial charge < -0.3 is 0 Å². The van der Waals surface area contributed by atoms with Crippen molar-refractivity contribution < 1.29 is 14.4 Å². The molecule has 3 amide bonds. The molecule has 2 aliphatic rings. The lowest BCUT2D eigenvalue weighted by Gasteiger charge is -2.35. The highest BCUT2D eigenvalue weighted by Gasteiger charge is 2.40. The van der Waals surface area contributed by atoms with Crippen LogP contribution in [-0.4, -0.2) is 22.7 Å². The van der Waals surface area contributed by atoms with Gasteiger partial charge in [-0.05, 0) is 31.0 Å². The predicted molar refractivity (Wildman–Crippen MR) is 98.8 cm³/mol. The Balaban J connectivity index is 1.72. The van der Waals surface area contributed by atoms with Gasteiger partial charge >= 0.3 is 0 Å². The largest absolute Gasteiger partial charge is 0.280 e. The molecule has 1 heterocycles. The van der Waals surface area contributed by atoms with Crippen LogP contribution in [0, 0.1) is 5.41 Å². The second kappa shape index (κ2) is 6.09. The molecule has 6 heteroatoms. The van der Waals surface area contributed by atoms with E-state index in [1.807, 2.05) is 6.92 Å². The summed E-state index contributed by atoms with van der Waals surface area (Å²) in [6.07, 6.45) is 4.59. The molecule has 5 nitrogen and oxygen atoms in total. The number of imide groups is 1. The third kappa shape index (κ3) is 2.50. The number of benzene rings is 2. The topological polar surface area (TPSA) is 66.5 Å². The lowest BCUT2D eigenvalue weighted by molar-refractivity contribution is -0.135. The van der Waals surface area contributed by atoms with Crippen LogP contribution in [0.1, 0.15) is 59.7 Å². The number of amides is 3. The Bertz CT molecular complexity index is 925. The smallest absolute Gasteiger partial charge is 0.273 e. The second-order valence-electron chi connectivity index (χ2n) is 7.33. The van der Waals surface area contributed by atoms with Gasteiger partial charge in [-0.3, -0.25) is 19.8 Å². The highest BCUT2D eigenvalue weighted by atomic mass is 35.5. The molecule has 2 aromatic carbocycles. The normalized spacial score (nSPS) is 18.9. The molecular formula is C20H19ClN2O3. The fraction of sp³-hybridized carbons (Fsp3) is 0.350. The molecule has 0 saturated heterocycles. The minimum absolute atomic E-state index is 0.275. The number of nitrogens with one attached hydrogen (secondary N) is 1. The van der Waals surface area contributed by atoms with Crippen molar-refractivity contribution in [1.29, 1.82) is 0 Å². The SMILES string of the molecule is CC1(C(=O)NN2C(=O)c3cccc4c(Cl)ccc(c34)C2=O)CCCCC1. The summed E-state index contributed by atoms with van der Waals surface area (Å²) in [6, 6.07) is 8.40. The van der Waals surface area contributed by atoms with E-state index in [1.54, 1.807) is 30.3 Å². The van der Waals surface area contributed by atoms with E-state index < -0.39 is 17.2 Å². The summed E-state index contributed by atoms with van der Waals surface area (Å²) in [5.41, 5.74) is 2.78. The van der Waals surface area contributed by atoms with Gasteiger partial charge in [-0.2, -0.15) is 5.01 Å². The Morgan fingerprint density at radius 1 is 1.04 bits per heavy atom. The fourth-order valence-corrected chi connectivity index (χ4v) is 4.18. The molecule has 1 aliphatic carbocycles. The fourth-order valence-electron chi connectivity index (χ4n) is 3.96. The zero-order valence-electron chi connectivity index (χ0n) is 14.5. The van der Waals surface area contributed by atoms with E-state index >= 15 is 0 Å². The maximum absolute atomic E-state index is 12.9. The van der Waals surface area contributed by atoms with E-state index in [-0.39, 0.29) is 5.91 Å². The molecule has 0 bridgehead atoms. The Morgan fingerprint density at radius 3 is 2.38 bits per heavy atom. The van der Waals surface area contributed by atoms with Crippen molar-refractivity contribution in [2.75, 3.05) is 0 Å². The van der Waals surface area contributed by atoms with Crippen molar-refractivity contribution in [1.82, 2.24) is 10.4 Å².